The van der Waals surface area contributed by atoms with E-state index in [9.17, 15) is 4.79 Å². The standard InChI is InChI=1S/C9H17NOS/c1-3-7(4-2)10-6-8(12)5-9(10)11/h7-8,12H,3-6H2,1-2H3. The molecule has 0 aromatic rings. The van der Waals surface area contributed by atoms with Gasteiger partial charge in [0.15, 0.2) is 0 Å². The molecule has 0 aliphatic carbocycles. The van der Waals surface area contributed by atoms with E-state index >= 15 is 0 Å². The number of amides is 1. The fraction of sp³-hybridized carbons (Fsp3) is 0.889. The molecule has 12 heavy (non-hydrogen) atoms. The van der Waals surface area contributed by atoms with Gasteiger partial charge in [0.05, 0.1) is 0 Å². The Balaban J connectivity index is 2.56. The molecule has 1 fully saturated rings. The van der Waals surface area contributed by atoms with Crippen molar-refractivity contribution in [2.45, 2.75) is 44.4 Å². The van der Waals surface area contributed by atoms with Gasteiger partial charge in [-0.05, 0) is 12.8 Å². The summed E-state index contributed by atoms with van der Waals surface area (Å²) >= 11 is 4.32. The van der Waals surface area contributed by atoms with Gasteiger partial charge in [-0.2, -0.15) is 12.6 Å². The minimum atomic E-state index is 0.262. The zero-order chi connectivity index (χ0) is 9.14. The molecule has 2 nitrogen and oxygen atoms in total. The lowest BCUT2D eigenvalue weighted by atomic mass is 10.1. The summed E-state index contributed by atoms with van der Waals surface area (Å²) in [5, 5.41) is 0.262. The van der Waals surface area contributed by atoms with Crippen LogP contribution in [0.25, 0.3) is 0 Å². The van der Waals surface area contributed by atoms with Crippen LogP contribution in [0.1, 0.15) is 33.1 Å². The Labute approximate surface area is 79.7 Å². The Morgan fingerprint density at radius 2 is 2.17 bits per heavy atom. The maximum absolute atomic E-state index is 11.4. The van der Waals surface area contributed by atoms with Crippen LogP contribution in [0.15, 0.2) is 0 Å². The van der Waals surface area contributed by atoms with Gasteiger partial charge in [0.2, 0.25) is 5.91 Å². The quantitative estimate of drug-likeness (QED) is 0.667. The number of thiol groups is 1. The first-order valence-electron chi connectivity index (χ1n) is 4.66. The van der Waals surface area contributed by atoms with Gasteiger partial charge in [0, 0.05) is 24.3 Å². The number of nitrogens with zero attached hydrogens (tertiary/aromatic N) is 1. The Morgan fingerprint density at radius 3 is 2.50 bits per heavy atom. The number of likely N-dealkylation sites (tertiary alicyclic amines) is 1. The maximum Gasteiger partial charge on any atom is 0.224 e. The minimum Gasteiger partial charge on any atom is -0.339 e. The van der Waals surface area contributed by atoms with Gasteiger partial charge in [-0.1, -0.05) is 13.8 Å². The van der Waals surface area contributed by atoms with Crippen LogP contribution in [0.3, 0.4) is 0 Å². The first-order valence-corrected chi connectivity index (χ1v) is 5.18. The molecule has 1 amide bonds. The molecule has 0 aromatic carbocycles. The molecule has 1 rings (SSSR count). The van der Waals surface area contributed by atoms with E-state index in [0.717, 1.165) is 19.4 Å². The Morgan fingerprint density at radius 1 is 1.58 bits per heavy atom. The fourth-order valence-electron chi connectivity index (χ4n) is 1.79. The fourth-order valence-corrected chi connectivity index (χ4v) is 2.13. The Hall–Kier alpha value is -0.180. The molecule has 1 saturated heterocycles. The van der Waals surface area contributed by atoms with Crippen molar-refractivity contribution < 1.29 is 4.79 Å². The van der Waals surface area contributed by atoms with E-state index in [1.165, 1.54) is 0 Å². The number of hydrogen-bond acceptors (Lipinski definition) is 2. The van der Waals surface area contributed by atoms with E-state index in [4.69, 9.17) is 0 Å². The molecule has 1 heterocycles. The van der Waals surface area contributed by atoms with E-state index in [1.54, 1.807) is 0 Å². The number of carbonyl (C=O) groups excluding carboxylic acids is 1. The van der Waals surface area contributed by atoms with E-state index in [1.807, 2.05) is 4.90 Å². The predicted molar refractivity (Wildman–Crippen MR) is 53.5 cm³/mol. The number of hydrogen-bond donors (Lipinski definition) is 1. The largest absolute Gasteiger partial charge is 0.339 e. The van der Waals surface area contributed by atoms with Crippen LogP contribution < -0.4 is 0 Å². The molecule has 0 spiro atoms. The molecule has 0 N–H and O–H groups in total. The predicted octanol–water partition coefficient (Wildman–Crippen LogP) is 1.71. The molecule has 1 atom stereocenters. The second kappa shape index (κ2) is 4.17. The topological polar surface area (TPSA) is 20.3 Å². The number of rotatable bonds is 3. The second-order valence-electron chi connectivity index (χ2n) is 3.37. The zero-order valence-electron chi connectivity index (χ0n) is 7.79. The first kappa shape index (κ1) is 9.90. The van der Waals surface area contributed by atoms with E-state index < -0.39 is 0 Å². The Bertz CT molecular complexity index is 168. The average Bonchev–Trinajstić information content (AvgIpc) is 2.34. The van der Waals surface area contributed by atoms with Gasteiger partial charge in [-0.25, -0.2) is 0 Å². The highest BCUT2D eigenvalue weighted by atomic mass is 32.1. The van der Waals surface area contributed by atoms with Crippen molar-refractivity contribution in [1.29, 1.82) is 0 Å². The van der Waals surface area contributed by atoms with Crippen molar-refractivity contribution in [2.24, 2.45) is 0 Å². The van der Waals surface area contributed by atoms with E-state index in [-0.39, 0.29) is 11.2 Å². The van der Waals surface area contributed by atoms with Crippen LogP contribution in [0.4, 0.5) is 0 Å². The van der Waals surface area contributed by atoms with Gasteiger partial charge >= 0.3 is 0 Å². The summed E-state index contributed by atoms with van der Waals surface area (Å²) in [5.41, 5.74) is 0. The third kappa shape index (κ3) is 1.94. The van der Waals surface area contributed by atoms with Crippen LogP contribution in [-0.4, -0.2) is 28.6 Å². The van der Waals surface area contributed by atoms with Crippen LogP contribution in [0, 0.1) is 0 Å². The molecule has 0 aromatic heterocycles. The van der Waals surface area contributed by atoms with Crippen molar-refractivity contribution in [3.05, 3.63) is 0 Å². The molecule has 1 aliphatic rings. The highest BCUT2D eigenvalue weighted by Crippen LogP contribution is 2.21. The SMILES string of the molecule is CCC(CC)N1CC(S)CC1=O. The normalized spacial score (nSPS) is 24.2. The highest BCUT2D eigenvalue weighted by Gasteiger charge is 2.30. The summed E-state index contributed by atoms with van der Waals surface area (Å²) in [4.78, 5) is 13.4. The van der Waals surface area contributed by atoms with Gasteiger partial charge in [-0.15, -0.1) is 0 Å². The molecule has 1 aliphatic heterocycles. The summed E-state index contributed by atoms with van der Waals surface area (Å²) in [6.45, 7) is 5.11. The lowest BCUT2D eigenvalue weighted by molar-refractivity contribution is -0.129. The van der Waals surface area contributed by atoms with Crippen LogP contribution >= 0.6 is 12.6 Å². The maximum atomic E-state index is 11.4. The molecule has 0 bridgehead atoms. The minimum absolute atomic E-state index is 0.262. The molecule has 3 heteroatoms. The average molecular weight is 187 g/mol. The molecular formula is C9H17NOS. The zero-order valence-corrected chi connectivity index (χ0v) is 8.68. The lowest BCUT2D eigenvalue weighted by Gasteiger charge is -2.25. The summed E-state index contributed by atoms with van der Waals surface area (Å²) in [5.74, 6) is 0.281. The molecule has 0 saturated carbocycles. The van der Waals surface area contributed by atoms with Gasteiger partial charge < -0.3 is 4.90 Å². The molecule has 0 radical (unpaired) electrons. The smallest absolute Gasteiger partial charge is 0.224 e. The van der Waals surface area contributed by atoms with Crippen LogP contribution in [-0.2, 0) is 4.79 Å². The van der Waals surface area contributed by atoms with Crippen LogP contribution in [0.2, 0.25) is 0 Å². The van der Waals surface area contributed by atoms with Crippen LogP contribution in [0.5, 0.6) is 0 Å². The monoisotopic (exact) mass is 187 g/mol. The second-order valence-corrected chi connectivity index (χ2v) is 4.10. The third-order valence-electron chi connectivity index (χ3n) is 2.52. The third-order valence-corrected chi connectivity index (χ3v) is 2.87. The summed E-state index contributed by atoms with van der Waals surface area (Å²) in [6.07, 6.45) is 2.74. The van der Waals surface area contributed by atoms with Crippen molar-refractivity contribution in [3.63, 3.8) is 0 Å². The number of carbonyl (C=O) groups is 1. The molecular weight excluding hydrogens is 170 g/mol. The first-order chi connectivity index (χ1) is 5.69. The van der Waals surface area contributed by atoms with E-state index in [2.05, 4.69) is 26.5 Å². The summed E-state index contributed by atoms with van der Waals surface area (Å²) in [6, 6.07) is 0.439. The summed E-state index contributed by atoms with van der Waals surface area (Å²) < 4.78 is 0. The van der Waals surface area contributed by atoms with Gasteiger partial charge in [0.25, 0.3) is 0 Å². The van der Waals surface area contributed by atoms with Crippen molar-refractivity contribution in [2.75, 3.05) is 6.54 Å². The van der Waals surface area contributed by atoms with Crippen molar-refractivity contribution >= 4 is 18.5 Å². The van der Waals surface area contributed by atoms with Gasteiger partial charge in [-0.3, -0.25) is 4.79 Å². The van der Waals surface area contributed by atoms with Gasteiger partial charge in [0.1, 0.15) is 0 Å². The van der Waals surface area contributed by atoms with Crippen molar-refractivity contribution in [1.82, 2.24) is 4.90 Å². The molecule has 1 unspecified atom stereocenters. The molecule has 70 valence electrons. The van der Waals surface area contributed by atoms with Crippen molar-refractivity contribution in [3.8, 4) is 0 Å². The summed E-state index contributed by atoms with van der Waals surface area (Å²) in [7, 11) is 0. The lowest BCUT2D eigenvalue weighted by Crippen LogP contribution is -2.35. The highest BCUT2D eigenvalue weighted by molar-refractivity contribution is 7.81. The van der Waals surface area contributed by atoms with E-state index in [0.29, 0.717) is 12.5 Å². The Kier molecular flexibility index (Phi) is 3.44.